The summed E-state index contributed by atoms with van der Waals surface area (Å²) in [6.45, 7) is 0.351. The second-order valence-electron chi connectivity index (χ2n) is 9.38. The molecule has 0 aliphatic carbocycles. The van der Waals surface area contributed by atoms with Gasteiger partial charge in [-0.15, -0.1) is 11.6 Å². The number of halogens is 1. The first-order chi connectivity index (χ1) is 18.4. The summed E-state index contributed by atoms with van der Waals surface area (Å²) >= 11 is 5.69. The van der Waals surface area contributed by atoms with E-state index in [1.807, 2.05) is 24.3 Å². The van der Waals surface area contributed by atoms with Gasteiger partial charge in [-0.25, -0.2) is 0 Å². The van der Waals surface area contributed by atoms with E-state index in [2.05, 4.69) is 20.6 Å². The van der Waals surface area contributed by atoms with Crippen LogP contribution >= 0.6 is 11.6 Å². The number of pyridine rings is 1. The van der Waals surface area contributed by atoms with Crippen molar-refractivity contribution < 1.29 is 19.2 Å². The zero-order valence-electron chi connectivity index (χ0n) is 20.9. The van der Waals surface area contributed by atoms with Crippen LogP contribution in [0.5, 0.6) is 0 Å². The summed E-state index contributed by atoms with van der Waals surface area (Å²) in [4.78, 5) is 60.2. The molecule has 1 aliphatic heterocycles. The normalized spacial score (nSPS) is 17.0. The number of aromatic amines is 1. The number of carbonyl (C=O) groups is 4. The van der Waals surface area contributed by atoms with Crippen molar-refractivity contribution in [2.75, 3.05) is 12.4 Å². The Bertz CT molecular complexity index is 1300. The van der Waals surface area contributed by atoms with Crippen molar-refractivity contribution in [1.82, 2.24) is 25.5 Å². The predicted octanol–water partition coefficient (Wildman–Crippen LogP) is 1.42. The summed E-state index contributed by atoms with van der Waals surface area (Å²) in [5.74, 6) is -2.27. The number of amides is 4. The molecule has 200 valence electrons. The van der Waals surface area contributed by atoms with Gasteiger partial charge in [-0.2, -0.15) is 0 Å². The molecule has 4 rings (SSSR count). The number of primary amides is 1. The van der Waals surface area contributed by atoms with E-state index in [4.69, 9.17) is 17.3 Å². The maximum Gasteiger partial charge on any atom is 0.246 e. The van der Waals surface area contributed by atoms with Crippen LogP contribution in [0.2, 0.25) is 0 Å². The Labute approximate surface area is 225 Å². The van der Waals surface area contributed by atoms with E-state index in [0.29, 0.717) is 13.0 Å². The molecule has 1 aliphatic rings. The third-order valence-corrected chi connectivity index (χ3v) is 7.03. The first-order valence-corrected chi connectivity index (χ1v) is 13.1. The lowest BCUT2D eigenvalue weighted by molar-refractivity contribution is -0.145. The number of fused-ring (bicyclic) bond motifs is 1. The molecule has 4 amide bonds. The van der Waals surface area contributed by atoms with Crippen LogP contribution in [0.15, 0.2) is 55.0 Å². The Morgan fingerprint density at radius 1 is 1.05 bits per heavy atom. The fraction of sp³-hybridized carbons (Fsp3) is 0.370. The number of nitrogens with two attached hydrogens (primary N) is 1. The van der Waals surface area contributed by atoms with Crippen molar-refractivity contribution in [1.29, 1.82) is 0 Å². The molecule has 38 heavy (non-hydrogen) atoms. The highest BCUT2D eigenvalue weighted by molar-refractivity contribution is 6.27. The van der Waals surface area contributed by atoms with Crippen molar-refractivity contribution in [3.63, 3.8) is 0 Å². The van der Waals surface area contributed by atoms with Crippen molar-refractivity contribution >= 4 is 46.1 Å². The zero-order chi connectivity index (χ0) is 27.1. The molecule has 0 radical (unpaired) electrons. The van der Waals surface area contributed by atoms with Gasteiger partial charge >= 0.3 is 0 Å². The first kappa shape index (κ1) is 27.1. The summed E-state index contributed by atoms with van der Waals surface area (Å²) in [5.41, 5.74) is 8.24. The molecule has 11 heteroatoms. The first-order valence-electron chi connectivity index (χ1n) is 12.6. The Kier molecular flexibility index (Phi) is 8.96. The highest BCUT2D eigenvalue weighted by Crippen LogP contribution is 2.22. The summed E-state index contributed by atoms with van der Waals surface area (Å²) in [7, 11) is 0. The number of nitrogens with zero attached hydrogens (tertiary/aromatic N) is 2. The summed E-state index contributed by atoms with van der Waals surface area (Å²) in [6.07, 6.45) is 7.34. The van der Waals surface area contributed by atoms with E-state index in [9.17, 15) is 19.2 Å². The topological polar surface area (TPSA) is 150 Å². The number of H-pyrrole nitrogens is 1. The smallest absolute Gasteiger partial charge is 0.246 e. The lowest BCUT2D eigenvalue weighted by atomic mass is 9.97. The SMILES string of the molecule is NC(=O)[C@H](Cc1c[nH]c2ccccc12)NC(=O)[C@@H]1CCCCN1C(=O)[C@H](Cc1ccncc1)NC(=O)CCl. The number of carbonyl (C=O) groups excluding carboxylic acids is 4. The second-order valence-corrected chi connectivity index (χ2v) is 9.65. The number of para-hydroxylation sites is 1. The van der Waals surface area contributed by atoms with Gasteiger partial charge in [0.05, 0.1) is 0 Å². The molecule has 1 saturated heterocycles. The van der Waals surface area contributed by atoms with Crippen LogP contribution in [-0.4, -0.2) is 69.0 Å². The number of alkyl halides is 1. The molecule has 3 aromatic rings. The number of benzene rings is 1. The van der Waals surface area contributed by atoms with Crippen molar-refractivity contribution in [2.45, 2.75) is 50.2 Å². The van der Waals surface area contributed by atoms with Gasteiger partial charge in [0.1, 0.15) is 24.0 Å². The zero-order valence-corrected chi connectivity index (χ0v) is 21.6. The number of hydrogen-bond acceptors (Lipinski definition) is 5. The predicted molar refractivity (Wildman–Crippen MR) is 143 cm³/mol. The number of aromatic nitrogens is 2. The fourth-order valence-electron chi connectivity index (χ4n) is 4.87. The highest BCUT2D eigenvalue weighted by Gasteiger charge is 2.37. The van der Waals surface area contributed by atoms with Gasteiger partial charge in [-0.3, -0.25) is 24.2 Å². The maximum atomic E-state index is 13.7. The van der Waals surface area contributed by atoms with Crippen molar-refractivity contribution in [2.24, 2.45) is 5.73 Å². The Balaban J connectivity index is 1.51. The minimum atomic E-state index is -0.954. The number of hydrogen-bond donors (Lipinski definition) is 4. The Morgan fingerprint density at radius 2 is 1.82 bits per heavy atom. The van der Waals surface area contributed by atoms with Crippen LogP contribution in [0.25, 0.3) is 10.9 Å². The summed E-state index contributed by atoms with van der Waals surface area (Å²) < 4.78 is 0. The van der Waals surface area contributed by atoms with Crippen LogP contribution in [0.4, 0.5) is 0 Å². The van der Waals surface area contributed by atoms with E-state index in [-0.39, 0.29) is 24.6 Å². The third-order valence-electron chi connectivity index (χ3n) is 6.79. The van der Waals surface area contributed by atoms with Gasteiger partial charge < -0.3 is 26.3 Å². The average Bonchev–Trinajstić information content (AvgIpc) is 3.35. The largest absolute Gasteiger partial charge is 0.368 e. The molecule has 2 aromatic heterocycles. The highest BCUT2D eigenvalue weighted by atomic mass is 35.5. The number of piperidine rings is 1. The molecule has 5 N–H and O–H groups in total. The fourth-order valence-corrected chi connectivity index (χ4v) is 4.94. The van der Waals surface area contributed by atoms with E-state index in [1.54, 1.807) is 30.7 Å². The Hall–Kier alpha value is -3.92. The quantitative estimate of drug-likeness (QED) is 0.288. The number of likely N-dealkylation sites (tertiary alicyclic amines) is 1. The second kappa shape index (κ2) is 12.6. The lowest BCUT2D eigenvalue weighted by Gasteiger charge is -2.37. The number of nitrogens with one attached hydrogen (secondary N) is 3. The van der Waals surface area contributed by atoms with E-state index in [0.717, 1.165) is 34.9 Å². The van der Waals surface area contributed by atoms with Crippen molar-refractivity contribution in [3.05, 3.63) is 66.1 Å². The molecule has 0 unspecified atom stereocenters. The lowest BCUT2D eigenvalue weighted by Crippen LogP contribution is -2.60. The monoisotopic (exact) mass is 538 g/mol. The summed E-state index contributed by atoms with van der Waals surface area (Å²) in [5, 5.41) is 6.40. The van der Waals surface area contributed by atoms with Gasteiger partial charge in [0.2, 0.25) is 23.6 Å². The molecule has 0 bridgehead atoms. The van der Waals surface area contributed by atoms with Crippen LogP contribution in [0, 0.1) is 0 Å². The average molecular weight is 539 g/mol. The molecule has 3 atom stereocenters. The van der Waals surface area contributed by atoms with Gasteiger partial charge in [0.15, 0.2) is 0 Å². The molecule has 1 fully saturated rings. The van der Waals surface area contributed by atoms with Gasteiger partial charge in [-0.05, 0) is 48.6 Å². The molecule has 3 heterocycles. The van der Waals surface area contributed by atoms with E-state index < -0.39 is 35.8 Å². The standard InChI is InChI=1S/C27H31ClN6O4/c28-15-24(35)32-22(13-17-8-10-30-11-9-17)27(38)34-12-4-3-7-23(34)26(37)33-21(25(29)36)14-18-16-31-20-6-2-1-5-19(18)20/h1-2,5-6,8-11,16,21-23,31H,3-4,7,12-15H2,(H2,29,36)(H,32,35)(H,33,37)/t21-,22-,23-/m0/s1. The van der Waals surface area contributed by atoms with E-state index in [1.165, 1.54) is 4.90 Å². The molecular weight excluding hydrogens is 508 g/mol. The molecule has 10 nitrogen and oxygen atoms in total. The third kappa shape index (κ3) is 6.49. The minimum Gasteiger partial charge on any atom is -0.368 e. The molecule has 0 saturated carbocycles. The van der Waals surface area contributed by atoms with Crippen LogP contribution in [0.1, 0.15) is 30.4 Å². The van der Waals surface area contributed by atoms with Crippen LogP contribution in [-0.2, 0) is 32.0 Å². The molecule has 0 spiro atoms. The van der Waals surface area contributed by atoms with Gasteiger partial charge in [0.25, 0.3) is 0 Å². The summed E-state index contributed by atoms with van der Waals surface area (Å²) in [6, 6.07) is 8.52. The molecule has 1 aromatic carbocycles. The van der Waals surface area contributed by atoms with Gasteiger partial charge in [-0.1, -0.05) is 18.2 Å². The van der Waals surface area contributed by atoms with Crippen LogP contribution in [0.3, 0.4) is 0 Å². The minimum absolute atomic E-state index is 0.211. The van der Waals surface area contributed by atoms with Crippen molar-refractivity contribution in [3.8, 4) is 0 Å². The molecular formula is C27H31ClN6O4. The van der Waals surface area contributed by atoms with E-state index >= 15 is 0 Å². The number of rotatable bonds is 10. The van der Waals surface area contributed by atoms with Crippen LogP contribution < -0.4 is 16.4 Å². The maximum absolute atomic E-state index is 13.7. The van der Waals surface area contributed by atoms with Gasteiger partial charge in [0, 0.05) is 48.9 Å². The Morgan fingerprint density at radius 3 is 2.55 bits per heavy atom.